The molecule has 3 atom stereocenters. The SMILES string of the molecule is O=C(OC1CC2C=CC1C2)c1cccc(OC(=O)C(F)(F)F)c1C(=O)Oc1cc(I)c(S(=O)(=O)O)c(I)c1. The van der Waals surface area contributed by atoms with E-state index in [-0.39, 0.29) is 24.7 Å². The fraction of sp³-hybridized carbons (Fsp3) is 0.261. The van der Waals surface area contributed by atoms with Gasteiger partial charge in [-0.25, -0.2) is 14.4 Å². The van der Waals surface area contributed by atoms with E-state index in [1.807, 2.05) is 12.2 Å². The van der Waals surface area contributed by atoms with Crippen molar-refractivity contribution in [3.8, 4) is 11.5 Å². The average molecular weight is 778 g/mol. The van der Waals surface area contributed by atoms with Gasteiger partial charge in [0.1, 0.15) is 28.1 Å². The van der Waals surface area contributed by atoms with Crippen LogP contribution in [0.4, 0.5) is 13.2 Å². The Morgan fingerprint density at radius 2 is 1.63 bits per heavy atom. The third kappa shape index (κ3) is 6.15. The van der Waals surface area contributed by atoms with E-state index in [1.165, 1.54) is 0 Å². The van der Waals surface area contributed by atoms with Crippen LogP contribution in [0.15, 0.2) is 47.4 Å². The van der Waals surface area contributed by atoms with Gasteiger partial charge in [0.15, 0.2) is 0 Å². The number of fused-ring (bicyclic) bond motifs is 2. The Morgan fingerprint density at radius 3 is 2.16 bits per heavy atom. The molecule has 0 heterocycles. The number of ether oxygens (including phenoxy) is 3. The predicted octanol–water partition coefficient (Wildman–Crippen LogP) is 4.95. The molecule has 1 saturated carbocycles. The number of hydrogen-bond acceptors (Lipinski definition) is 8. The number of benzene rings is 2. The molecule has 0 aromatic heterocycles. The third-order valence-electron chi connectivity index (χ3n) is 5.80. The summed E-state index contributed by atoms with van der Waals surface area (Å²) in [5, 5.41) is 0. The summed E-state index contributed by atoms with van der Waals surface area (Å²) in [7, 11) is -4.61. The molecule has 2 aliphatic rings. The third-order valence-corrected chi connectivity index (χ3v) is 9.19. The fourth-order valence-electron chi connectivity index (χ4n) is 4.22. The quantitative estimate of drug-likeness (QED) is 0.142. The molecular formula is C23H15F3I2O9S. The lowest BCUT2D eigenvalue weighted by Gasteiger charge is -2.20. The lowest BCUT2D eigenvalue weighted by molar-refractivity contribution is -0.189. The normalized spacial score (nSPS) is 20.3. The van der Waals surface area contributed by atoms with Gasteiger partial charge in [0.2, 0.25) is 0 Å². The first kappa shape index (κ1) is 28.8. The van der Waals surface area contributed by atoms with Crippen LogP contribution in [0.5, 0.6) is 11.5 Å². The first-order chi connectivity index (χ1) is 17.6. The highest BCUT2D eigenvalue weighted by atomic mass is 127. The summed E-state index contributed by atoms with van der Waals surface area (Å²) < 4.78 is 86.4. The second-order valence-corrected chi connectivity index (χ2v) is 12.1. The molecule has 9 nitrogen and oxygen atoms in total. The van der Waals surface area contributed by atoms with Crippen LogP contribution in [0, 0.1) is 19.0 Å². The molecular weight excluding hydrogens is 763 g/mol. The number of carbonyl (C=O) groups is 3. The summed E-state index contributed by atoms with van der Waals surface area (Å²) in [6.07, 6.45) is -0.656. The summed E-state index contributed by atoms with van der Waals surface area (Å²) in [5.41, 5.74) is -1.29. The van der Waals surface area contributed by atoms with E-state index in [4.69, 9.17) is 9.47 Å². The van der Waals surface area contributed by atoms with Gasteiger partial charge in [0.05, 0.1) is 5.56 Å². The number of carbonyl (C=O) groups excluding carboxylic acids is 3. The van der Waals surface area contributed by atoms with Crippen molar-refractivity contribution >= 4 is 73.2 Å². The first-order valence-electron chi connectivity index (χ1n) is 10.6. The van der Waals surface area contributed by atoms with Gasteiger partial charge in [-0.15, -0.1) is 0 Å². The first-order valence-corrected chi connectivity index (χ1v) is 14.2. The zero-order valence-corrected chi connectivity index (χ0v) is 23.8. The Morgan fingerprint density at radius 1 is 0.974 bits per heavy atom. The minimum atomic E-state index is -5.40. The Kier molecular flexibility index (Phi) is 8.11. The summed E-state index contributed by atoms with van der Waals surface area (Å²) in [6.45, 7) is 0. The van der Waals surface area contributed by atoms with Gasteiger partial charge in [0, 0.05) is 13.1 Å². The highest BCUT2D eigenvalue weighted by Crippen LogP contribution is 2.41. The summed E-state index contributed by atoms with van der Waals surface area (Å²) >= 11 is 3.15. The molecule has 0 amide bonds. The monoisotopic (exact) mass is 778 g/mol. The predicted molar refractivity (Wildman–Crippen MR) is 139 cm³/mol. The number of esters is 3. The van der Waals surface area contributed by atoms with E-state index in [1.54, 1.807) is 45.2 Å². The van der Waals surface area contributed by atoms with Crippen LogP contribution in [-0.4, -0.2) is 43.2 Å². The fourth-order valence-corrected chi connectivity index (χ4v) is 8.21. The van der Waals surface area contributed by atoms with Gasteiger partial charge < -0.3 is 14.2 Å². The Bertz CT molecular complexity index is 1450. The van der Waals surface area contributed by atoms with Crippen molar-refractivity contribution in [2.75, 3.05) is 0 Å². The molecule has 202 valence electrons. The van der Waals surface area contributed by atoms with Crippen LogP contribution in [0.2, 0.25) is 0 Å². The molecule has 0 spiro atoms. The van der Waals surface area contributed by atoms with Crippen molar-refractivity contribution < 1.29 is 54.7 Å². The summed E-state index contributed by atoms with van der Waals surface area (Å²) in [6, 6.07) is 5.26. The van der Waals surface area contributed by atoms with E-state index in [2.05, 4.69) is 4.74 Å². The molecule has 2 aromatic carbocycles. The van der Waals surface area contributed by atoms with Crippen molar-refractivity contribution in [2.45, 2.75) is 30.0 Å². The maximum Gasteiger partial charge on any atom is 0.491 e. The van der Waals surface area contributed by atoms with E-state index in [9.17, 15) is 40.5 Å². The molecule has 2 aliphatic carbocycles. The van der Waals surface area contributed by atoms with E-state index >= 15 is 0 Å². The number of rotatable bonds is 6. The van der Waals surface area contributed by atoms with Gasteiger partial charge in [-0.3, -0.25) is 4.55 Å². The van der Waals surface area contributed by atoms with Crippen LogP contribution in [0.1, 0.15) is 33.6 Å². The number of hydrogen-bond donors (Lipinski definition) is 1. The van der Waals surface area contributed by atoms with Gasteiger partial charge in [-0.1, -0.05) is 18.2 Å². The second-order valence-electron chi connectivity index (χ2n) is 8.37. The molecule has 1 N–H and O–H groups in total. The van der Waals surface area contributed by atoms with Crippen LogP contribution in [0.3, 0.4) is 0 Å². The van der Waals surface area contributed by atoms with Gasteiger partial charge in [-0.05, 0) is 88.2 Å². The summed E-state index contributed by atoms with van der Waals surface area (Å²) in [4.78, 5) is 37.3. The van der Waals surface area contributed by atoms with Crippen molar-refractivity contribution in [3.63, 3.8) is 0 Å². The maximum atomic E-state index is 13.2. The second kappa shape index (κ2) is 10.7. The molecule has 2 bridgehead atoms. The number of halogens is 5. The highest BCUT2D eigenvalue weighted by Gasteiger charge is 2.43. The largest absolute Gasteiger partial charge is 0.491 e. The van der Waals surface area contributed by atoms with E-state index in [0.29, 0.717) is 6.42 Å². The lowest BCUT2D eigenvalue weighted by Crippen LogP contribution is -2.29. The number of allylic oxidation sites excluding steroid dienone is 1. The maximum absolute atomic E-state index is 13.2. The minimum absolute atomic E-state index is 0.0273. The molecule has 0 aliphatic heterocycles. The van der Waals surface area contributed by atoms with Crippen LogP contribution in [0.25, 0.3) is 0 Å². The van der Waals surface area contributed by atoms with Crippen LogP contribution in [-0.2, 0) is 19.6 Å². The van der Waals surface area contributed by atoms with Crippen LogP contribution >= 0.6 is 45.2 Å². The molecule has 38 heavy (non-hydrogen) atoms. The number of alkyl halides is 3. The molecule has 15 heteroatoms. The Labute approximate surface area is 240 Å². The Balaban J connectivity index is 1.70. The minimum Gasteiger partial charge on any atom is -0.458 e. The van der Waals surface area contributed by atoms with Gasteiger partial charge in [0.25, 0.3) is 10.1 Å². The van der Waals surface area contributed by atoms with Gasteiger partial charge >= 0.3 is 24.1 Å². The molecule has 4 rings (SSSR count). The van der Waals surface area contributed by atoms with Gasteiger partial charge in [-0.2, -0.15) is 21.6 Å². The zero-order valence-electron chi connectivity index (χ0n) is 18.7. The topological polar surface area (TPSA) is 133 Å². The highest BCUT2D eigenvalue weighted by molar-refractivity contribution is 14.1. The van der Waals surface area contributed by atoms with E-state index in [0.717, 1.165) is 36.8 Å². The van der Waals surface area contributed by atoms with E-state index < -0.39 is 62.1 Å². The summed E-state index contributed by atoms with van der Waals surface area (Å²) in [5.74, 6) is -5.98. The van der Waals surface area contributed by atoms with Crippen molar-refractivity contribution in [3.05, 3.63) is 60.8 Å². The standard InChI is InChI=1S/C23H15F3I2O9S/c24-23(25,26)22(31)37-16-3-1-2-13(20(29)36-17-7-10-4-5-11(17)6-10)18(16)21(30)35-12-8-14(27)19(15(28)9-12)38(32,33)34/h1-5,8-11,17H,6-7H2,(H,32,33,34). The Hall–Kier alpha value is -2.25. The van der Waals surface area contributed by atoms with Crippen molar-refractivity contribution in [2.24, 2.45) is 11.8 Å². The smallest absolute Gasteiger partial charge is 0.458 e. The van der Waals surface area contributed by atoms with Crippen molar-refractivity contribution in [1.82, 2.24) is 0 Å². The zero-order chi connectivity index (χ0) is 28.0. The molecule has 2 aromatic rings. The van der Waals surface area contributed by atoms with Crippen molar-refractivity contribution in [1.29, 1.82) is 0 Å². The average Bonchev–Trinajstić information content (AvgIpc) is 3.40. The molecule has 0 saturated heterocycles. The molecule has 3 unspecified atom stereocenters. The molecule has 1 fully saturated rings. The molecule has 0 radical (unpaired) electrons. The lowest BCUT2D eigenvalue weighted by atomic mass is 10.0. The van der Waals surface area contributed by atoms with Crippen LogP contribution < -0.4 is 9.47 Å².